The molecule has 1 N–H and O–H groups in total. The molecule has 0 aromatic heterocycles. The Labute approximate surface area is 197 Å². The van der Waals surface area contributed by atoms with E-state index in [1.165, 1.54) is 51.4 Å². The van der Waals surface area contributed by atoms with Gasteiger partial charge in [0, 0.05) is 11.8 Å². The lowest BCUT2D eigenvalue weighted by molar-refractivity contribution is -0.240. The summed E-state index contributed by atoms with van der Waals surface area (Å²) in [4.78, 5) is 12.9. The van der Waals surface area contributed by atoms with Gasteiger partial charge in [0.2, 0.25) is 0 Å². The highest BCUT2D eigenvalue weighted by molar-refractivity contribution is 5.85. The van der Waals surface area contributed by atoms with Crippen LogP contribution >= 0.6 is 0 Å². The first-order valence-electron chi connectivity index (χ1n) is 13.9. The lowest BCUT2D eigenvalue weighted by atomic mass is 9.32. The average molecular weight is 443 g/mol. The molecule has 0 radical (unpaired) electrons. The van der Waals surface area contributed by atoms with Crippen molar-refractivity contribution in [3.05, 3.63) is 0 Å². The van der Waals surface area contributed by atoms with Gasteiger partial charge in [-0.05, 0) is 123 Å². The number of carbonyl (C=O) groups excluding carboxylic acids is 1. The molecule has 0 spiro atoms. The van der Waals surface area contributed by atoms with Gasteiger partial charge in [0.05, 0.1) is 5.60 Å². The third-order valence-corrected chi connectivity index (χ3v) is 13.6. The molecule has 0 heterocycles. The number of rotatable bonds is 1. The summed E-state index contributed by atoms with van der Waals surface area (Å²) in [5, 5.41) is 11.0. The van der Waals surface area contributed by atoms with Gasteiger partial charge in [-0.2, -0.15) is 0 Å². The summed E-state index contributed by atoms with van der Waals surface area (Å²) < 4.78 is 0. The van der Waals surface area contributed by atoms with Crippen LogP contribution in [0.15, 0.2) is 0 Å². The van der Waals surface area contributed by atoms with Crippen LogP contribution in [0, 0.1) is 56.7 Å². The van der Waals surface area contributed by atoms with Gasteiger partial charge in [-0.25, -0.2) is 0 Å². The summed E-state index contributed by atoms with van der Waals surface area (Å²) in [6.45, 7) is 19.2. The van der Waals surface area contributed by atoms with E-state index in [2.05, 4.69) is 55.4 Å². The second-order valence-corrected chi connectivity index (χ2v) is 15.2. The molecule has 5 aliphatic carbocycles. The van der Waals surface area contributed by atoms with Crippen LogP contribution in [-0.4, -0.2) is 16.5 Å². The van der Waals surface area contributed by atoms with Crippen LogP contribution in [0.4, 0.5) is 0 Å². The van der Waals surface area contributed by atoms with E-state index >= 15 is 0 Å². The second-order valence-electron chi connectivity index (χ2n) is 15.2. The maximum absolute atomic E-state index is 12.9. The molecule has 2 heteroatoms. The third-order valence-electron chi connectivity index (χ3n) is 13.6. The van der Waals surface area contributed by atoms with Crippen LogP contribution in [-0.2, 0) is 4.79 Å². The highest BCUT2D eigenvalue weighted by atomic mass is 16.3. The number of hydrogen-bond acceptors (Lipinski definition) is 2. The van der Waals surface area contributed by atoms with Crippen LogP contribution in [0.3, 0.4) is 0 Å². The van der Waals surface area contributed by atoms with Gasteiger partial charge in [-0.15, -0.1) is 0 Å². The van der Waals surface area contributed by atoms with Gasteiger partial charge in [0.25, 0.3) is 0 Å². The molecule has 0 bridgehead atoms. The first-order chi connectivity index (χ1) is 14.6. The van der Waals surface area contributed by atoms with Crippen molar-refractivity contribution in [2.75, 3.05) is 0 Å². The molecule has 32 heavy (non-hydrogen) atoms. The van der Waals surface area contributed by atoms with Crippen molar-refractivity contribution in [2.45, 2.75) is 125 Å². The Balaban J connectivity index is 1.52. The van der Waals surface area contributed by atoms with Gasteiger partial charge < -0.3 is 5.11 Å². The Hall–Kier alpha value is -0.370. The quantitative estimate of drug-likeness (QED) is 0.458. The van der Waals surface area contributed by atoms with Crippen LogP contribution < -0.4 is 0 Å². The maximum Gasteiger partial charge on any atom is 0.138 e. The summed E-state index contributed by atoms with van der Waals surface area (Å²) in [5.74, 6) is 3.72. The summed E-state index contributed by atoms with van der Waals surface area (Å²) in [7, 11) is 0. The zero-order chi connectivity index (χ0) is 23.5. The molecule has 182 valence electrons. The molecule has 5 fully saturated rings. The Kier molecular flexibility index (Phi) is 4.85. The van der Waals surface area contributed by atoms with Gasteiger partial charge in [0.15, 0.2) is 0 Å². The fraction of sp³-hybridized carbons (Fsp3) is 0.967. The van der Waals surface area contributed by atoms with E-state index in [1.807, 2.05) is 0 Å². The molecule has 9 atom stereocenters. The molecule has 0 aromatic carbocycles. The normalized spacial score (nSPS) is 54.9. The topological polar surface area (TPSA) is 37.3 Å². The van der Waals surface area contributed by atoms with E-state index < -0.39 is 5.60 Å². The van der Waals surface area contributed by atoms with Crippen molar-refractivity contribution in [3.63, 3.8) is 0 Å². The number of ketones is 1. The number of fused-ring (bicyclic) bond motifs is 7. The Morgan fingerprint density at radius 3 is 1.88 bits per heavy atom. The van der Waals surface area contributed by atoms with E-state index in [4.69, 9.17) is 0 Å². The SMILES string of the molecule is CC(C)(O)C1CC[C@@]2(C)C1CC[C@]1(C)[C@@H]2CC[C@@H]2[C@@]3(C)CCC(=O)C(C)(C)[C@@H]3CC[C@]21C. The smallest absolute Gasteiger partial charge is 0.138 e. The molecule has 2 nitrogen and oxygen atoms in total. The summed E-state index contributed by atoms with van der Waals surface area (Å²) >= 11 is 0. The van der Waals surface area contributed by atoms with Crippen LogP contribution in [0.2, 0.25) is 0 Å². The molecule has 5 aliphatic rings. The van der Waals surface area contributed by atoms with Crippen molar-refractivity contribution in [3.8, 4) is 0 Å². The summed E-state index contributed by atoms with van der Waals surface area (Å²) in [6.07, 6.45) is 12.3. The van der Waals surface area contributed by atoms with Gasteiger partial charge in [-0.1, -0.05) is 41.5 Å². The Morgan fingerprint density at radius 2 is 1.28 bits per heavy atom. The standard InChI is InChI=1S/C30H50O2/c1-25(2)21-13-18-30(8)23(28(21,6)16-14-24(25)31)10-9-22-27(5)15-11-19(26(3,4)32)20(27)12-17-29(22,30)7/h19-23,32H,9-18H2,1-8H3/t19?,20?,21-,22+,23+,27-,28-,29+,30+/m0/s1. The molecular formula is C30H50O2. The molecule has 0 saturated heterocycles. The molecule has 0 amide bonds. The minimum absolute atomic E-state index is 0.152. The van der Waals surface area contributed by atoms with Gasteiger partial charge in [0.1, 0.15) is 5.78 Å². The van der Waals surface area contributed by atoms with Crippen molar-refractivity contribution in [1.29, 1.82) is 0 Å². The Bertz CT molecular complexity index is 806. The monoisotopic (exact) mass is 442 g/mol. The number of aliphatic hydroxyl groups is 1. The van der Waals surface area contributed by atoms with Crippen LogP contribution in [0.5, 0.6) is 0 Å². The zero-order valence-electron chi connectivity index (χ0n) is 22.3. The minimum Gasteiger partial charge on any atom is -0.390 e. The maximum atomic E-state index is 12.9. The number of carbonyl (C=O) groups is 1. The van der Waals surface area contributed by atoms with E-state index in [0.717, 1.165) is 24.7 Å². The highest BCUT2D eigenvalue weighted by Crippen LogP contribution is 2.77. The van der Waals surface area contributed by atoms with Gasteiger partial charge >= 0.3 is 0 Å². The summed E-state index contributed by atoms with van der Waals surface area (Å²) in [5.41, 5.74) is 0.741. The van der Waals surface area contributed by atoms with Crippen LogP contribution in [0.1, 0.15) is 120 Å². The molecular weight excluding hydrogens is 392 g/mol. The van der Waals surface area contributed by atoms with E-state index in [1.54, 1.807) is 0 Å². The minimum atomic E-state index is -0.553. The van der Waals surface area contributed by atoms with E-state index in [-0.39, 0.29) is 5.41 Å². The molecule has 5 rings (SSSR count). The largest absolute Gasteiger partial charge is 0.390 e. The molecule has 0 aliphatic heterocycles. The van der Waals surface area contributed by atoms with E-state index in [9.17, 15) is 9.90 Å². The van der Waals surface area contributed by atoms with Crippen molar-refractivity contribution in [2.24, 2.45) is 56.7 Å². The van der Waals surface area contributed by atoms with Crippen molar-refractivity contribution >= 4 is 5.78 Å². The van der Waals surface area contributed by atoms with Crippen molar-refractivity contribution < 1.29 is 9.90 Å². The lowest BCUT2D eigenvalue weighted by Crippen LogP contribution is -2.66. The average Bonchev–Trinajstić information content (AvgIpc) is 3.03. The zero-order valence-corrected chi connectivity index (χ0v) is 22.3. The van der Waals surface area contributed by atoms with Crippen LogP contribution in [0.25, 0.3) is 0 Å². The number of hydrogen-bond donors (Lipinski definition) is 1. The lowest BCUT2D eigenvalue weighted by Gasteiger charge is -2.73. The highest BCUT2D eigenvalue weighted by Gasteiger charge is 2.71. The molecule has 5 saturated carbocycles. The Morgan fingerprint density at radius 1 is 0.719 bits per heavy atom. The predicted octanol–water partition coefficient (Wildman–Crippen LogP) is 7.43. The van der Waals surface area contributed by atoms with E-state index in [0.29, 0.717) is 45.2 Å². The third kappa shape index (κ3) is 2.66. The first kappa shape index (κ1) is 23.4. The predicted molar refractivity (Wildman–Crippen MR) is 131 cm³/mol. The first-order valence-corrected chi connectivity index (χ1v) is 13.9. The fourth-order valence-corrected chi connectivity index (χ4v) is 11.8. The van der Waals surface area contributed by atoms with Crippen molar-refractivity contribution in [1.82, 2.24) is 0 Å². The summed E-state index contributed by atoms with van der Waals surface area (Å²) in [6, 6.07) is 0. The molecule has 0 aromatic rings. The fourth-order valence-electron chi connectivity index (χ4n) is 11.8. The van der Waals surface area contributed by atoms with Gasteiger partial charge in [-0.3, -0.25) is 4.79 Å². The second kappa shape index (κ2) is 6.64. The molecule has 2 unspecified atom stereocenters. The number of Topliss-reactive ketones (excluding diaryl/α,β-unsaturated/α-hetero) is 1.